The smallest absolute Gasteiger partial charge is 0.306 e. The first-order valence-corrected chi connectivity index (χ1v) is 7.93. The summed E-state index contributed by atoms with van der Waals surface area (Å²) in [5.74, 6) is 0.262. The Labute approximate surface area is 132 Å². The number of likely N-dealkylation sites (tertiary alicyclic amines) is 1. The second kappa shape index (κ2) is 7.42. The number of hydrogen-bond acceptors (Lipinski definition) is 4. The lowest BCUT2D eigenvalue weighted by atomic mass is 9.72. The van der Waals surface area contributed by atoms with Gasteiger partial charge >= 0.3 is 5.97 Å². The van der Waals surface area contributed by atoms with E-state index in [-0.39, 0.29) is 24.0 Å². The lowest BCUT2D eigenvalue weighted by Crippen LogP contribution is -2.65. The van der Waals surface area contributed by atoms with Crippen molar-refractivity contribution in [3.05, 3.63) is 35.9 Å². The molecule has 3 atom stereocenters. The molecule has 1 aliphatic heterocycles. The molecule has 1 aromatic rings. The molecule has 22 heavy (non-hydrogen) atoms. The van der Waals surface area contributed by atoms with Crippen molar-refractivity contribution < 1.29 is 9.53 Å². The largest absolute Gasteiger partial charge is 0.466 e. The van der Waals surface area contributed by atoms with Gasteiger partial charge < -0.3 is 4.74 Å². The Morgan fingerprint density at radius 1 is 1.36 bits per heavy atom. The second-order valence-corrected chi connectivity index (χ2v) is 6.14. The Balaban J connectivity index is 2.10. The Hall–Kier alpha value is -1.86. The molecule has 4 nitrogen and oxygen atoms in total. The van der Waals surface area contributed by atoms with Gasteiger partial charge in [-0.3, -0.25) is 9.69 Å². The molecule has 0 unspecified atom stereocenters. The number of carbonyl (C=O) groups is 1. The van der Waals surface area contributed by atoms with Crippen molar-refractivity contribution >= 4 is 5.97 Å². The van der Waals surface area contributed by atoms with Gasteiger partial charge in [0.15, 0.2) is 0 Å². The first-order chi connectivity index (χ1) is 10.6. The highest BCUT2D eigenvalue weighted by Crippen LogP contribution is 2.40. The fourth-order valence-electron chi connectivity index (χ4n) is 3.45. The van der Waals surface area contributed by atoms with Crippen LogP contribution in [0.2, 0.25) is 0 Å². The molecule has 0 radical (unpaired) electrons. The summed E-state index contributed by atoms with van der Waals surface area (Å²) in [6, 6.07) is 12.6. The van der Waals surface area contributed by atoms with Gasteiger partial charge in [-0.1, -0.05) is 44.2 Å². The first kappa shape index (κ1) is 16.5. The number of carbonyl (C=O) groups excluding carboxylic acids is 1. The van der Waals surface area contributed by atoms with Crippen molar-refractivity contribution in [1.82, 2.24) is 4.90 Å². The van der Waals surface area contributed by atoms with Gasteiger partial charge in [0.1, 0.15) is 6.04 Å². The highest BCUT2D eigenvalue weighted by atomic mass is 16.5. The maximum atomic E-state index is 11.8. The Morgan fingerprint density at radius 2 is 2.05 bits per heavy atom. The number of nitriles is 1. The minimum absolute atomic E-state index is 0.0627. The number of hydrogen-bond donors (Lipinski definition) is 0. The van der Waals surface area contributed by atoms with E-state index in [0.29, 0.717) is 18.9 Å². The van der Waals surface area contributed by atoms with E-state index in [1.165, 1.54) is 5.56 Å². The predicted molar refractivity (Wildman–Crippen MR) is 84.8 cm³/mol. The summed E-state index contributed by atoms with van der Waals surface area (Å²) in [6.45, 7) is 7.25. The topological polar surface area (TPSA) is 53.3 Å². The normalized spacial score (nSPS) is 24.6. The van der Waals surface area contributed by atoms with E-state index >= 15 is 0 Å². The van der Waals surface area contributed by atoms with Crippen molar-refractivity contribution in [2.24, 2.45) is 11.8 Å². The fraction of sp³-hybridized carbons (Fsp3) is 0.556. The SMILES string of the molecule is CCOC(=O)C[C@@H]1[C@H](C#N)N(Cc2ccccc2)[C@H]1C(C)C. The quantitative estimate of drug-likeness (QED) is 0.758. The van der Waals surface area contributed by atoms with Gasteiger partial charge in [0.2, 0.25) is 0 Å². The monoisotopic (exact) mass is 300 g/mol. The maximum absolute atomic E-state index is 11.8. The van der Waals surface area contributed by atoms with Crippen LogP contribution >= 0.6 is 0 Å². The van der Waals surface area contributed by atoms with Gasteiger partial charge in [-0.25, -0.2) is 0 Å². The number of rotatable bonds is 6. The van der Waals surface area contributed by atoms with Crippen LogP contribution in [0.4, 0.5) is 0 Å². The maximum Gasteiger partial charge on any atom is 0.306 e. The third-order valence-corrected chi connectivity index (χ3v) is 4.32. The minimum Gasteiger partial charge on any atom is -0.466 e. The zero-order valence-corrected chi connectivity index (χ0v) is 13.5. The van der Waals surface area contributed by atoms with Crippen LogP contribution in [0.5, 0.6) is 0 Å². The second-order valence-electron chi connectivity index (χ2n) is 6.14. The van der Waals surface area contributed by atoms with Crippen LogP contribution in [-0.4, -0.2) is 29.6 Å². The van der Waals surface area contributed by atoms with Crippen LogP contribution in [0.25, 0.3) is 0 Å². The summed E-state index contributed by atoms with van der Waals surface area (Å²) >= 11 is 0. The Morgan fingerprint density at radius 3 is 2.59 bits per heavy atom. The molecule has 0 aromatic heterocycles. The molecule has 0 amide bonds. The van der Waals surface area contributed by atoms with Gasteiger partial charge in [0, 0.05) is 18.5 Å². The number of benzene rings is 1. The highest BCUT2D eigenvalue weighted by Gasteiger charge is 2.50. The van der Waals surface area contributed by atoms with Crippen LogP contribution in [0.3, 0.4) is 0 Å². The highest BCUT2D eigenvalue weighted by molar-refractivity contribution is 5.70. The number of esters is 1. The van der Waals surface area contributed by atoms with Crippen molar-refractivity contribution in [3.8, 4) is 6.07 Å². The third kappa shape index (κ3) is 3.48. The molecule has 0 bridgehead atoms. The summed E-state index contributed by atoms with van der Waals surface area (Å²) in [5.41, 5.74) is 1.20. The lowest BCUT2D eigenvalue weighted by molar-refractivity contribution is -0.150. The van der Waals surface area contributed by atoms with E-state index in [1.807, 2.05) is 25.1 Å². The summed E-state index contributed by atoms with van der Waals surface area (Å²) in [5, 5.41) is 9.50. The van der Waals surface area contributed by atoms with Crippen LogP contribution in [0, 0.1) is 23.2 Å². The molecular formula is C18H24N2O2. The van der Waals surface area contributed by atoms with E-state index in [0.717, 1.165) is 6.54 Å². The van der Waals surface area contributed by atoms with Gasteiger partial charge in [-0.15, -0.1) is 0 Å². The zero-order chi connectivity index (χ0) is 16.1. The number of ether oxygens (including phenoxy) is 1. The van der Waals surface area contributed by atoms with Crippen molar-refractivity contribution in [1.29, 1.82) is 5.26 Å². The van der Waals surface area contributed by atoms with Crippen LogP contribution in [-0.2, 0) is 16.1 Å². The van der Waals surface area contributed by atoms with Crippen LogP contribution < -0.4 is 0 Å². The standard InChI is InChI=1S/C18H24N2O2/c1-4-22-17(21)10-15-16(11-19)20(18(15)13(2)3)12-14-8-6-5-7-9-14/h5-9,13,15-16,18H,4,10,12H2,1-3H3/t15-,16+,18+/m1/s1. The molecule has 0 saturated carbocycles. The molecule has 0 N–H and O–H groups in total. The van der Waals surface area contributed by atoms with Gasteiger partial charge in [-0.05, 0) is 18.4 Å². The van der Waals surface area contributed by atoms with Crippen molar-refractivity contribution in [3.63, 3.8) is 0 Å². The van der Waals surface area contributed by atoms with Crippen molar-refractivity contribution in [2.75, 3.05) is 6.61 Å². The molecule has 4 heteroatoms. The average Bonchev–Trinajstić information content (AvgIpc) is 2.47. The van der Waals surface area contributed by atoms with Crippen LogP contribution in [0.15, 0.2) is 30.3 Å². The molecule has 1 heterocycles. The zero-order valence-electron chi connectivity index (χ0n) is 13.5. The molecule has 0 spiro atoms. The first-order valence-electron chi connectivity index (χ1n) is 7.93. The summed E-state index contributed by atoms with van der Waals surface area (Å²) in [7, 11) is 0. The molecule has 0 aliphatic carbocycles. The molecule has 118 valence electrons. The number of nitrogens with zero attached hydrogens (tertiary/aromatic N) is 2. The third-order valence-electron chi connectivity index (χ3n) is 4.32. The average molecular weight is 300 g/mol. The lowest BCUT2D eigenvalue weighted by Gasteiger charge is -2.54. The van der Waals surface area contributed by atoms with Crippen LogP contribution in [0.1, 0.15) is 32.8 Å². The van der Waals surface area contributed by atoms with E-state index in [9.17, 15) is 10.1 Å². The Kier molecular flexibility index (Phi) is 5.57. The molecule has 2 rings (SSSR count). The summed E-state index contributed by atoms with van der Waals surface area (Å²) < 4.78 is 5.06. The Bertz CT molecular complexity index is 536. The van der Waals surface area contributed by atoms with Crippen molar-refractivity contribution in [2.45, 2.75) is 45.8 Å². The fourth-order valence-corrected chi connectivity index (χ4v) is 3.45. The van der Waals surface area contributed by atoms with E-state index < -0.39 is 0 Å². The molecule has 1 aromatic carbocycles. The van der Waals surface area contributed by atoms with E-state index in [4.69, 9.17) is 4.74 Å². The summed E-state index contributed by atoms with van der Waals surface area (Å²) in [4.78, 5) is 14.0. The van der Waals surface area contributed by atoms with Gasteiger partial charge in [0.05, 0.1) is 19.1 Å². The van der Waals surface area contributed by atoms with Gasteiger partial charge in [-0.2, -0.15) is 5.26 Å². The molecule has 1 saturated heterocycles. The van der Waals surface area contributed by atoms with E-state index in [1.54, 1.807) is 0 Å². The minimum atomic E-state index is -0.211. The van der Waals surface area contributed by atoms with Gasteiger partial charge in [0.25, 0.3) is 0 Å². The molecule has 1 fully saturated rings. The predicted octanol–water partition coefficient (Wildman–Crippen LogP) is 2.99. The molecular weight excluding hydrogens is 276 g/mol. The van der Waals surface area contributed by atoms with E-state index in [2.05, 4.69) is 36.9 Å². The summed E-state index contributed by atoms with van der Waals surface area (Å²) in [6.07, 6.45) is 0.334. The molecule has 1 aliphatic rings.